The summed E-state index contributed by atoms with van der Waals surface area (Å²) in [5.74, 6) is -1.42. The van der Waals surface area contributed by atoms with Crippen LogP contribution in [0.4, 0.5) is 0 Å². The molecule has 3 aromatic carbocycles. The summed E-state index contributed by atoms with van der Waals surface area (Å²) in [6.07, 6.45) is 10.0. The second-order valence-corrected chi connectivity index (χ2v) is 21.9. The molecule has 0 aliphatic heterocycles. The number of imidazole rings is 1. The van der Waals surface area contributed by atoms with E-state index in [4.69, 9.17) is 0 Å². The predicted octanol–water partition coefficient (Wildman–Crippen LogP) is 4.25. The summed E-state index contributed by atoms with van der Waals surface area (Å²) in [6, 6.07) is 23.3. The third-order valence-electron chi connectivity index (χ3n) is 10.1. The number of carbonyl (C=O) groups excluding carboxylic acids is 3. The lowest BCUT2D eigenvalue weighted by molar-refractivity contribution is 0.0937. The van der Waals surface area contributed by atoms with Crippen molar-refractivity contribution in [1.29, 1.82) is 0 Å². The van der Waals surface area contributed by atoms with Crippen molar-refractivity contribution in [2.45, 2.75) is 55.1 Å². The lowest BCUT2D eigenvalue weighted by Gasteiger charge is -2.04. The first-order valence-electron chi connectivity index (χ1n) is 21.5. The molecule has 0 bridgehead atoms. The zero-order valence-corrected chi connectivity index (χ0v) is 42.4. The number of aromatic nitrogens is 10. The number of aryl methyl sites for hydroxylation is 4. The minimum absolute atomic E-state index is 0.00198. The van der Waals surface area contributed by atoms with E-state index < -0.39 is 47.8 Å². The molecule has 3 N–H and O–H groups in total. The third-order valence-corrected chi connectivity index (χ3v) is 15.5. The Morgan fingerprint density at radius 1 is 0.548 bits per heavy atom. The Hall–Kier alpha value is -8.40. The highest BCUT2D eigenvalue weighted by atomic mass is 32.2. The standard InChI is InChI=1S/C16H17N5O3S.C15H14N4O4S.C15H14N4O3S2/c1-12-3-5-14(6-4-12)25(23,24)21-8-7-15(19-21)16(22)17-9-13-10-20(2)11-18-13;1-11-2-4-13(5-3-11)24(21,22)19-7-6-14(18-19)15(20)16-8-12-9-17-23-10-12;1-11-2-4-13(5-3-11)24(21,22)19-7-6-14(18-19)15(20)16-8-12-9-23-10-17-12/h3-8,10-11H,9H2,1-2H3,(H,17,22);2*2-7,9-10H,8H2,1H3,(H,16,20). The minimum atomic E-state index is -3.83. The Labute approximate surface area is 422 Å². The average Bonchev–Trinajstić information content (AvgIpc) is 4.24. The molecule has 0 fully saturated rings. The van der Waals surface area contributed by atoms with E-state index in [2.05, 4.69) is 50.9 Å². The molecule has 3 amide bonds. The maximum Gasteiger partial charge on any atom is 0.282 e. The Morgan fingerprint density at radius 3 is 1.29 bits per heavy atom. The van der Waals surface area contributed by atoms with E-state index in [0.717, 1.165) is 34.6 Å². The van der Waals surface area contributed by atoms with E-state index in [1.54, 1.807) is 59.0 Å². The van der Waals surface area contributed by atoms with Gasteiger partial charge in [-0.05, 0) is 75.4 Å². The van der Waals surface area contributed by atoms with Crippen LogP contribution in [0, 0.1) is 20.8 Å². The van der Waals surface area contributed by atoms with Crippen molar-refractivity contribution < 1.29 is 44.2 Å². The van der Waals surface area contributed by atoms with Gasteiger partial charge in [-0.25, -0.2) is 9.97 Å². The molecule has 73 heavy (non-hydrogen) atoms. The maximum atomic E-state index is 12.5. The van der Waals surface area contributed by atoms with Gasteiger partial charge in [-0.1, -0.05) is 58.2 Å². The normalized spacial score (nSPS) is 11.4. The Morgan fingerprint density at radius 2 is 0.945 bits per heavy atom. The Balaban J connectivity index is 0.000000160. The third kappa shape index (κ3) is 13.3. The number of benzene rings is 3. The summed E-state index contributed by atoms with van der Waals surface area (Å²) in [5.41, 5.74) is 6.70. The van der Waals surface area contributed by atoms with Crippen LogP contribution in [0.3, 0.4) is 0 Å². The number of rotatable bonds is 15. The number of hydrogen-bond acceptors (Lipinski definition) is 17. The fourth-order valence-corrected chi connectivity index (χ4v) is 10.0. The topological polar surface area (TPSA) is 300 Å². The van der Waals surface area contributed by atoms with Crippen molar-refractivity contribution in [3.8, 4) is 0 Å². The van der Waals surface area contributed by atoms with Crippen molar-refractivity contribution in [3.63, 3.8) is 0 Å². The number of amides is 3. The number of nitrogens with one attached hydrogen (secondary N) is 3. The SMILES string of the molecule is Cc1ccc(S(=O)(=O)n2ccc(C(=O)NCc3cn(C)cn3)n2)cc1.Cc1ccc(S(=O)(=O)n2ccc(C(=O)NCc3cnoc3)n2)cc1.Cc1ccc(S(=O)(=O)n2ccc(C(=O)NCc3cscn3)n2)cc1. The predicted molar refractivity (Wildman–Crippen MR) is 263 cm³/mol. The van der Waals surface area contributed by atoms with Crippen molar-refractivity contribution in [2.24, 2.45) is 7.05 Å². The molecule has 23 nitrogen and oxygen atoms in total. The highest BCUT2D eigenvalue weighted by Gasteiger charge is 2.23. The van der Waals surface area contributed by atoms with Gasteiger partial charge in [-0.3, -0.25) is 14.4 Å². The second-order valence-electron chi connectivity index (χ2n) is 15.8. The van der Waals surface area contributed by atoms with Crippen LogP contribution in [0.15, 0.2) is 165 Å². The van der Waals surface area contributed by atoms with Gasteiger partial charge in [0.2, 0.25) is 0 Å². The molecule has 0 unspecified atom stereocenters. The van der Waals surface area contributed by atoms with Gasteiger partial charge in [0.05, 0.1) is 57.2 Å². The minimum Gasteiger partial charge on any atom is -0.364 e. The molecule has 6 aromatic heterocycles. The molecule has 0 saturated carbocycles. The first-order chi connectivity index (χ1) is 34.8. The van der Waals surface area contributed by atoms with Crippen LogP contribution in [0.1, 0.15) is 65.1 Å². The molecule has 6 heterocycles. The summed E-state index contributed by atoms with van der Waals surface area (Å²) in [4.78, 5) is 44.7. The fraction of sp³-hybridized carbons (Fsp3) is 0.152. The lowest BCUT2D eigenvalue weighted by Crippen LogP contribution is -2.24. The summed E-state index contributed by atoms with van der Waals surface area (Å²) >= 11 is 1.43. The van der Waals surface area contributed by atoms with E-state index in [9.17, 15) is 39.6 Å². The Bertz CT molecular complexity index is 3500. The van der Waals surface area contributed by atoms with Gasteiger partial charge in [-0.2, -0.15) is 52.8 Å². The Kier molecular flexibility index (Phi) is 16.4. The molecule has 9 rings (SSSR count). The van der Waals surface area contributed by atoms with Gasteiger partial charge in [-0.15, -0.1) is 11.3 Å². The molecule has 0 atom stereocenters. The number of thiazole rings is 1. The van der Waals surface area contributed by atoms with E-state index in [1.165, 1.54) is 97.0 Å². The highest BCUT2D eigenvalue weighted by Crippen LogP contribution is 2.17. The first-order valence-corrected chi connectivity index (χ1v) is 26.8. The van der Waals surface area contributed by atoms with Crippen LogP contribution in [0.25, 0.3) is 0 Å². The lowest BCUT2D eigenvalue weighted by atomic mass is 10.2. The molecule has 27 heteroatoms. The smallest absolute Gasteiger partial charge is 0.282 e. The van der Waals surface area contributed by atoms with Crippen molar-refractivity contribution in [3.05, 3.63) is 196 Å². The van der Waals surface area contributed by atoms with E-state index in [-0.39, 0.29) is 51.4 Å². The summed E-state index contributed by atoms with van der Waals surface area (Å²) in [5, 5.41) is 24.9. The zero-order valence-electron chi connectivity index (χ0n) is 39.2. The molecule has 0 aliphatic rings. The monoisotopic (exact) mass is 1070 g/mol. The van der Waals surface area contributed by atoms with Gasteiger partial charge in [0, 0.05) is 49.3 Å². The van der Waals surface area contributed by atoms with Crippen LogP contribution < -0.4 is 16.0 Å². The van der Waals surface area contributed by atoms with E-state index in [1.807, 2.05) is 33.2 Å². The molecule has 0 aliphatic carbocycles. The largest absolute Gasteiger partial charge is 0.364 e. The first kappa shape index (κ1) is 52.4. The van der Waals surface area contributed by atoms with E-state index >= 15 is 0 Å². The van der Waals surface area contributed by atoms with Crippen LogP contribution in [-0.2, 0) is 56.8 Å². The summed E-state index contributed by atoms with van der Waals surface area (Å²) < 4.78 is 83.8. The number of nitrogens with zero attached hydrogens (tertiary/aromatic N) is 10. The fourth-order valence-electron chi connectivity index (χ4n) is 6.13. The molecule has 0 saturated heterocycles. The number of carbonyl (C=O) groups is 3. The van der Waals surface area contributed by atoms with Crippen molar-refractivity contribution in [1.82, 2.24) is 63.2 Å². The maximum absolute atomic E-state index is 12.5. The second kappa shape index (κ2) is 22.8. The van der Waals surface area contributed by atoms with Crippen molar-refractivity contribution >= 4 is 59.1 Å². The van der Waals surface area contributed by atoms with E-state index in [0.29, 0.717) is 11.3 Å². The summed E-state index contributed by atoms with van der Waals surface area (Å²) in [6.45, 7) is 6.31. The quantitative estimate of drug-likeness (QED) is 0.129. The van der Waals surface area contributed by atoms with Gasteiger partial charge in [0.25, 0.3) is 47.8 Å². The van der Waals surface area contributed by atoms with Gasteiger partial charge in [0.15, 0.2) is 17.1 Å². The highest BCUT2D eigenvalue weighted by molar-refractivity contribution is 7.90. The van der Waals surface area contributed by atoms with Gasteiger partial charge >= 0.3 is 0 Å². The van der Waals surface area contributed by atoms with Crippen molar-refractivity contribution in [2.75, 3.05) is 0 Å². The molecule has 0 radical (unpaired) electrons. The van der Waals surface area contributed by atoms with Crippen LogP contribution in [0.5, 0.6) is 0 Å². The molecule has 378 valence electrons. The van der Waals surface area contributed by atoms with Crippen LogP contribution in [0.2, 0.25) is 0 Å². The molecule has 0 spiro atoms. The zero-order chi connectivity index (χ0) is 52.3. The molecule has 9 aromatic rings. The molecular formula is C46H45N13O10S4. The van der Waals surface area contributed by atoms with Gasteiger partial charge in [0.1, 0.15) is 6.26 Å². The average molecular weight is 1070 g/mol. The molecular weight excluding hydrogens is 1020 g/mol. The summed E-state index contributed by atoms with van der Waals surface area (Å²) in [7, 11) is -9.63. The number of hydrogen-bond donors (Lipinski definition) is 3. The van der Waals surface area contributed by atoms with Crippen LogP contribution >= 0.6 is 11.3 Å². The van der Waals surface area contributed by atoms with Gasteiger partial charge < -0.3 is 25.0 Å². The van der Waals surface area contributed by atoms with Crippen LogP contribution in [-0.4, -0.2) is 90.2 Å².